The number of H-pyrrole nitrogens is 1. The van der Waals surface area contributed by atoms with Gasteiger partial charge in [0.1, 0.15) is 0 Å². The van der Waals surface area contributed by atoms with Crippen LogP contribution in [0.2, 0.25) is 5.02 Å². The molecule has 3 aromatic rings. The maximum absolute atomic E-state index is 12.2. The van der Waals surface area contributed by atoms with E-state index in [9.17, 15) is 4.79 Å². The van der Waals surface area contributed by atoms with Gasteiger partial charge < -0.3 is 15.2 Å². The first-order valence-electron chi connectivity index (χ1n) is 8.96. The minimum absolute atomic E-state index is 0.0721. The molecule has 0 radical (unpaired) electrons. The van der Waals surface area contributed by atoms with E-state index in [4.69, 9.17) is 11.6 Å². The van der Waals surface area contributed by atoms with Crippen molar-refractivity contribution in [2.24, 2.45) is 0 Å². The van der Waals surface area contributed by atoms with Gasteiger partial charge in [-0.05, 0) is 49.6 Å². The maximum atomic E-state index is 12.2. The van der Waals surface area contributed by atoms with Crippen LogP contribution in [-0.4, -0.2) is 39.7 Å². The molecule has 140 valence electrons. The zero-order valence-electron chi connectivity index (χ0n) is 14.7. The van der Waals surface area contributed by atoms with E-state index < -0.39 is 0 Å². The van der Waals surface area contributed by atoms with Crippen LogP contribution in [0.25, 0.3) is 11.2 Å². The number of fused-ring (bicyclic) bond motifs is 1. The van der Waals surface area contributed by atoms with Crippen molar-refractivity contribution in [3.8, 4) is 0 Å². The molecule has 1 aliphatic heterocycles. The monoisotopic (exact) mass is 401 g/mol. The first-order chi connectivity index (χ1) is 13.2. The quantitative estimate of drug-likeness (QED) is 0.622. The zero-order chi connectivity index (χ0) is 18.6. The number of nitrogens with one attached hydrogen (secondary N) is 2. The molecule has 6 nitrogen and oxygen atoms in total. The van der Waals surface area contributed by atoms with Crippen molar-refractivity contribution in [1.29, 1.82) is 0 Å². The van der Waals surface area contributed by atoms with Crippen molar-refractivity contribution in [2.75, 3.05) is 29.1 Å². The maximum Gasteiger partial charge on any atom is 0.234 e. The molecule has 2 N–H and O–H groups in total. The van der Waals surface area contributed by atoms with E-state index in [0.717, 1.165) is 24.3 Å². The summed E-state index contributed by atoms with van der Waals surface area (Å²) in [7, 11) is 0. The summed E-state index contributed by atoms with van der Waals surface area (Å²) in [5.41, 5.74) is 3.38. The summed E-state index contributed by atoms with van der Waals surface area (Å²) in [5.74, 6) is 0.193. The Balaban J connectivity index is 1.31. The number of anilines is 2. The molecule has 0 aliphatic carbocycles. The fourth-order valence-electron chi connectivity index (χ4n) is 3.16. The van der Waals surface area contributed by atoms with Crippen molar-refractivity contribution in [3.63, 3.8) is 0 Å². The predicted molar refractivity (Wildman–Crippen MR) is 111 cm³/mol. The summed E-state index contributed by atoms with van der Waals surface area (Å²) in [6, 6.07) is 9.83. The number of carbonyl (C=O) groups is 1. The van der Waals surface area contributed by atoms with Crippen molar-refractivity contribution >= 4 is 51.8 Å². The molecule has 0 saturated carbocycles. The average molecular weight is 402 g/mol. The summed E-state index contributed by atoms with van der Waals surface area (Å²) in [6.45, 7) is 2.22. The molecular formula is C19H20ClN5OS. The lowest BCUT2D eigenvalue weighted by molar-refractivity contribution is -0.113. The van der Waals surface area contributed by atoms with E-state index in [0.29, 0.717) is 15.8 Å². The molecule has 3 heterocycles. The molecule has 1 aliphatic rings. The molecule has 27 heavy (non-hydrogen) atoms. The number of benzene rings is 1. The average Bonchev–Trinajstić information content (AvgIpc) is 3.10. The van der Waals surface area contributed by atoms with Crippen molar-refractivity contribution in [2.45, 2.75) is 24.4 Å². The summed E-state index contributed by atoms with van der Waals surface area (Å²) in [4.78, 5) is 26.2. The minimum Gasteiger partial charge on any atom is -0.372 e. The SMILES string of the molecule is O=C(CSc1nc2ncc(Cl)cc2[nH]1)Nc1ccc(N2CCCCC2)cc1. The Labute approximate surface area is 166 Å². The Bertz CT molecular complexity index is 937. The highest BCUT2D eigenvalue weighted by Gasteiger charge is 2.12. The molecule has 0 atom stereocenters. The van der Waals surface area contributed by atoms with Gasteiger partial charge in [0.15, 0.2) is 10.8 Å². The van der Waals surface area contributed by atoms with E-state index in [1.54, 1.807) is 12.3 Å². The second kappa shape index (κ2) is 8.19. The number of piperidine rings is 1. The molecule has 1 saturated heterocycles. The van der Waals surface area contributed by atoms with Crippen molar-refractivity contribution in [1.82, 2.24) is 15.0 Å². The normalized spacial score (nSPS) is 14.5. The summed E-state index contributed by atoms with van der Waals surface area (Å²) >= 11 is 7.26. The lowest BCUT2D eigenvalue weighted by Crippen LogP contribution is -2.29. The van der Waals surface area contributed by atoms with Crippen molar-refractivity contribution in [3.05, 3.63) is 41.6 Å². The largest absolute Gasteiger partial charge is 0.372 e. The van der Waals surface area contributed by atoms with E-state index in [2.05, 4.69) is 37.3 Å². The number of aromatic nitrogens is 3. The number of hydrogen-bond donors (Lipinski definition) is 2. The highest BCUT2D eigenvalue weighted by molar-refractivity contribution is 7.99. The molecule has 1 amide bonds. The van der Waals surface area contributed by atoms with E-state index in [-0.39, 0.29) is 11.7 Å². The van der Waals surface area contributed by atoms with Crippen LogP contribution < -0.4 is 10.2 Å². The van der Waals surface area contributed by atoms with Gasteiger partial charge in [0.25, 0.3) is 0 Å². The number of pyridine rings is 1. The standard InChI is InChI=1S/C19H20ClN5OS/c20-13-10-16-18(21-11-13)24-19(23-16)27-12-17(26)22-14-4-6-15(7-5-14)25-8-2-1-3-9-25/h4-7,10-11H,1-3,8-9,12H2,(H,22,26)(H,21,23,24). The second-order valence-electron chi connectivity index (χ2n) is 6.50. The third-order valence-corrected chi connectivity index (χ3v) is 5.57. The molecule has 0 spiro atoms. The van der Waals surface area contributed by atoms with Gasteiger partial charge in [0, 0.05) is 30.7 Å². The number of halogens is 1. The molecule has 0 bridgehead atoms. The third kappa shape index (κ3) is 4.54. The lowest BCUT2D eigenvalue weighted by Gasteiger charge is -2.28. The van der Waals surface area contributed by atoms with Gasteiger partial charge in [-0.25, -0.2) is 9.97 Å². The third-order valence-electron chi connectivity index (χ3n) is 4.49. The van der Waals surface area contributed by atoms with Crippen LogP contribution in [0.4, 0.5) is 11.4 Å². The van der Waals surface area contributed by atoms with Gasteiger partial charge >= 0.3 is 0 Å². The number of thioether (sulfide) groups is 1. The van der Waals surface area contributed by atoms with Crippen LogP contribution in [0.15, 0.2) is 41.7 Å². The van der Waals surface area contributed by atoms with Crippen LogP contribution >= 0.6 is 23.4 Å². The van der Waals surface area contributed by atoms with E-state index in [1.165, 1.54) is 36.7 Å². The van der Waals surface area contributed by atoms with Crippen LogP contribution in [0.5, 0.6) is 0 Å². The Morgan fingerprint density at radius 1 is 1.22 bits per heavy atom. The zero-order valence-corrected chi connectivity index (χ0v) is 16.3. The molecule has 8 heteroatoms. The van der Waals surface area contributed by atoms with Gasteiger partial charge in [0.2, 0.25) is 5.91 Å². The summed E-state index contributed by atoms with van der Waals surface area (Å²) in [5, 5.41) is 4.13. The van der Waals surface area contributed by atoms with Gasteiger partial charge in [-0.1, -0.05) is 23.4 Å². The lowest BCUT2D eigenvalue weighted by atomic mass is 10.1. The van der Waals surface area contributed by atoms with Crippen molar-refractivity contribution < 1.29 is 4.79 Å². The number of carbonyl (C=O) groups excluding carboxylic acids is 1. The van der Waals surface area contributed by atoms with Crippen LogP contribution in [-0.2, 0) is 4.79 Å². The number of amides is 1. The molecule has 2 aromatic heterocycles. The number of aromatic amines is 1. The number of imidazole rings is 1. The fraction of sp³-hybridized carbons (Fsp3) is 0.316. The Morgan fingerprint density at radius 3 is 2.78 bits per heavy atom. The molecule has 1 aromatic carbocycles. The fourth-order valence-corrected chi connectivity index (χ4v) is 3.99. The highest BCUT2D eigenvalue weighted by Crippen LogP contribution is 2.23. The van der Waals surface area contributed by atoms with Gasteiger partial charge in [-0.2, -0.15) is 0 Å². The van der Waals surface area contributed by atoms with Crippen LogP contribution in [0.3, 0.4) is 0 Å². The number of nitrogens with zero attached hydrogens (tertiary/aromatic N) is 3. The van der Waals surface area contributed by atoms with Crippen LogP contribution in [0.1, 0.15) is 19.3 Å². The van der Waals surface area contributed by atoms with E-state index in [1.807, 2.05) is 12.1 Å². The molecule has 1 fully saturated rings. The Hall–Kier alpha value is -2.25. The highest BCUT2D eigenvalue weighted by atomic mass is 35.5. The summed E-state index contributed by atoms with van der Waals surface area (Å²) in [6.07, 6.45) is 5.37. The molecule has 0 unspecified atom stereocenters. The molecule has 4 rings (SSSR count). The van der Waals surface area contributed by atoms with E-state index >= 15 is 0 Å². The Kier molecular flexibility index (Phi) is 5.50. The Morgan fingerprint density at radius 2 is 2.00 bits per heavy atom. The summed E-state index contributed by atoms with van der Waals surface area (Å²) < 4.78 is 0. The topological polar surface area (TPSA) is 73.9 Å². The first-order valence-corrected chi connectivity index (χ1v) is 10.3. The van der Waals surface area contributed by atoms with Gasteiger partial charge in [-0.15, -0.1) is 0 Å². The van der Waals surface area contributed by atoms with Gasteiger partial charge in [0.05, 0.1) is 16.3 Å². The van der Waals surface area contributed by atoms with Gasteiger partial charge in [-0.3, -0.25) is 4.79 Å². The smallest absolute Gasteiger partial charge is 0.234 e. The van der Waals surface area contributed by atoms with Crippen LogP contribution in [0, 0.1) is 0 Å². The number of hydrogen-bond acceptors (Lipinski definition) is 5. The number of rotatable bonds is 5. The molecular weight excluding hydrogens is 382 g/mol. The second-order valence-corrected chi connectivity index (χ2v) is 7.90. The predicted octanol–water partition coefficient (Wildman–Crippen LogP) is 4.33. The first kappa shape index (κ1) is 18.1. The minimum atomic E-state index is -0.0721.